The largest absolute Gasteiger partial charge is 0.348 e. The summed E-state index contributed by atoms with van der Waals surface area (Å²) in [6.07, 6.45) is 6.38. The highest BCUT2D eigenvalue weighted by atomic mass is 16.2. The number of carbonyl (C=O) groups excluding carboxylic acids is 1. The average molecular weight is 324 g/mol. The molecule has 126 valence electrons. The molecule has 4 rings (SSSR count). The minimum atomic E-state index is 0.130. The zero-order chi connectivity index (χ0) is 16.5. The van der Waals surface area contributed by atoms with Crippen LogP contribution in [-0.2, 0) is 4.79 Å². The van der Waals surface area contributed by atoms with E-state index in [1.54, 1.807) is 0 Å². The molecule has 5 heteroatoms. The summed E-state index contributed by atoms with van der Waals surface area (Å²) in [5.41, 5.74) is 2.41. The first kappa shape index (κ1) is 15.4. The first-order valence-corrected chi connectivity index (χ1v) is 8.76. The molecule has 2 fully saturated rings. The predicted octanol–water partition coefficient (Wildman–Crippen LogP) is 2.32. The van der Waals surface area contributed by atoms with E-state index in [-0.39, 0.29) is 11.9 Å². The van der Waals surface area contributed by atoms with Crippen LogP contribution >= 0.6 is 0 Å². The van der Waals surface area contributed by atoms with Gasteiger partial charge >= 0.3 is 0 Å². The van der Waals surface area contributed by atoms with Crippen molar-refractivity contribution in [3.05, 3.63) is 53.9 Å². The van der Waals surface area contributed by atoms with Crippen LogP contribution in [0.1, 0.15) is 36.1 Å². The molecule has 5 nitrogen and oxygen atoms in total. The second kappa shape index (κ2) is 6.40. The van der Waals surface area contributed by atoms with Crippen molar-refractivity contribution < 1.29 is 4.79 Å². The molecule has 2 heterocycles. The Balaban J connectivity index is 1.29. The van der Waals surface area contributed by atoms with Crippen molar-refractivity contribution in [3.63, 3.8) is 0 Å². The van der Waals surface area contributed by atoms with Crippen LogP contribution in [0.5, 0.6) is 0 Å². The zero-order valence-electron chi connectivity index (χ0n) is 14.1. The molecule has 24 heavy (non-hydrogen) atoms. The monoisotopic (exact) mass is 324 g/mol. The van der Waals surface area contributed by atoms with Gasteiger partial charge in [-0.3, -0.25) is 14.4 Å². The molecule has 1 aliphatic carbocycles. The Morgan fingerprint density at radius 1 is 1.29 bits per heavy atom. The number of hydrogen-bond acceptors (Lipinski definition) is 3. The lowest BCUT2D eigenvalue weighted by Crippen LogP contribution is -2.52. The number of carbonyl (C=O) groups is 1. The molecule has 2 aliphatic rings. The number of rotatable bonds is 6. The number of aromatic nitrogens is 2. The summed E-state index contributed by atoms with van der Waals surface area (Å²) in [7, 11) is 0. The summed E-state index contributed by atoms with van der Waals surface area (Å²) in [6.45, 7) is 4.32. The molecule has 0 spiro atoms. The van der Waals surface area contributed by atoms with Crippen LogP contribution < -0.4 is 5.32 Å². The van der Waals surface area contributed by atoms with Gasteiger partial charge in [0.05, 0.1) is 24.8 Å². The maximum absolute atomic E-state index is 12.4. The maximum atomic E-state index is 12.4. The van der Waals surface area contributed by atoms with Crippen LogP contribution in [0.15, 0.2) is 42.7 Å². The van der Waals surface area contributed by atoms with Gasteiger partial charge in [0.2, 0.25) is 5.91 Å². The summed E-state index contributed by atoms with van der Waals surface area (Å²) in [5.74, 6) is 0.735. The molecule has 0 bridgehead atoms. The molecule has 1 aliphatic heterocycles. The highest BCUT2D eigenvalue weighted by molar-refractivity contribution is 5.78. The highest BCUT2D eigenvalue weighted by Gasteiger charge is 2.35. The molecule has 0 radical (unpaired) electrons. The SMILES string of the molecule is Cc1cnn(C2CN(CC(=O)NC(c3ccccc3)C3CC3)C2)c1. The van der Waals surface area contributed by atoms with Crippen molar-refractivity contribution in [1.29, 1.82) is 0 Å². The number of benzene rings is 1. The van der Waals surface area contributed by atoms with E-state index >= 15 is 0 Å². The minimum Gasteiger partial charge on any atom is -0.348 e. The van der Waals surface area contributed by atoms with Gasteiger partial charge in [-0.05, 0) is 36.8 Å². The number of hydrogen-bond donors (Lipinski definition) is 1. The standard InChI is InChI=1S/C19H24N4O/c1-14-9-20-23(10-14)17-11-22(12-17)13-18(24)21-19(16-7-8-16)15-5-3-2-4-6-15/h2-6,9-10,16-17,19H,7-8,11-13H2,1H3,(H,21,24). The Morgan fingerprint density at radius 3 is 2.67 bits per heavy atom. The van der Waals surface area contributed by atoms with Crippen molar-refractivity contribution >= 4 is 5.91 Å². The smallest absolute Gasteiger partial charge is 0.234 e. The van der Waals surface area contributed by atoms with E-state index in [1.165, 1.54) is 24.0 Å². The summed E-state index contributed by atoms with van der Waals surface area (Å²) < 4.78 is 2.01. The fourth-order valence-corrected chi connectivity index (χ4v) is 3.46. The Morgan fingerprint density at radius 2 is 2.04 bits per heavy atom. The van der Waals surface area contributed by atoms with E-state index in [1.807, 2.05) is 29.1 Å². The molecule has 1 amide bonds. The molecular weight excluding hydrogens is 300 g/mol. The zero-order valence-corrected chi connectivity index (χ0v) is 14.1. The lowest BCUT2D eigenvalue weighted by Gasteiger charge is -2.38. The summed E-state index contributed by atoms with van der Waals surface area (Å²) in [5, 5.41) is 7.61. The van der Waals surface area contributed by atoms with Crippen molar-refractivity contribution in [2.24, 2.45) is 5.92 Å². The average Bonchev–Trinajstić information content (AvgIpc) is 3.30. The van der Waals surface area contributed by atoms with Crippen LogP contribution in [0, 0.1) is 12.8 Å². The molecule has 1 atom stereocenters. The van der Waals surface area contributed by atoms with E-state index in [4.69, 9.17) is 0 Å². The van der Waals surface area contributed by atoms with Crippen molar-refractivity contribution in [2.75, 3.05) is 19.6 Å². The fourth-order valence-electron chi connectivity index (χ4n) is 3.46. The van der Waals surface area contributed by atoms with Gasteiger partial charge in [0.15, 0.2) is 0 Å². The first-order valence-electron chi connectivity index (χ1n) is 8.76. The number of aryl methyl sites for hydroxylation is 1. The second-order valence-corrected chi connectivity index (χ2v) is 7.14. The van der Waals surface area contributed by atoms with Gasteiger partial charge in [-0.15, -0.1) is 0 Å². The topological polar surface area (TPSA) is 50.2 Å². The Bertz CT molecular complexity index is 701. The van der Waals surface area contributed by atoms with E-state index in [2.05, 4.69) is 40.6 Å². The number of nitrogens with zero attached hydrogens (tertiary/aromatic N) is 3. The van der Waals surface area contributed by atoms with Crippen LogP contribution in [0.4, 0.5) is 0 Å². The lowest BCUT2D eigenvalue weighted by atomic mass is 10.0. The number of nitrogens with one attached hydrogen (secondary N) is 1. The quantitative estimate of drug-likeness (QED) is 0.887. The first-order chi connectivity index (χ1) is 11.7. The predicted molar refractivity (Wildman–Crippen MR) is 92.5 cm³/mol. The lowest BCUT2D eigenvalue weighted by molar-refractivity contribution is -0.124. The highest BCUT2D eigenvalue weighted by Crippen LogP contribution is 2.40. The molecule has 1 saturated heterocycles. The second-order valence-electron chi connectivity index (χ2n) is 7.14. The maximum Gasteiger partial charge on any atom is 0.234 e. The Kier molecular flexibility index (Phi) is 4.10. The third-order valence-electron chi connectivity index (χ3n) is 4.98. The fraction of sp³-hybridized carbons (Fsp3) is 0.474. The van der Waals surface area contributed by atoms with Gasteiger partial charge in [-0.2, -0.15) is 5.10 Å². The molecular formula is C19H24N4O. The van der Waals surface area contributed by atoms with Gasteiger partial charge in [0.25, 0.3) is 0 Å². The van der Waals surface area contributed by atoms with Gasteiger partial charge in [0, 0.05) is 19.3 Å². The number of likely N-dealkylation sites (tertiary alicyclic amines) is 1. The molecule has 1 unspecified atom stereocenters. The van der Waals surface area contributed by atoms with Crippen molar-refractivity contribution in [2.45, 2.75) is 31.8 Å². The van der Waals surface area contributed by atoms with Gasteiger partial charge < -0.3 is 5.32 Å². The van der Waals surface area contributed by atoms with Crippen molar-refractivity contribution in [1.82, 2.24) is 20.0 Å². The van der Waals surface area contributed by atoms with Gasteiger partial charge in [-0.25, -0.2) is 0 Å². The van der Waals surface area contributed by atoms with Crippen LogP contribution in [0.25, 0.3) is 0 Å². The Hall–Kier alpha value is -2.14. The third kappa shape index (κ3) is 3.36. The third-order valence-corrected chi connectivity index (χ3v) is 4.98. The summed E-state index contributed by atoms with van der Waals surface area (Å²) in [6, 6.07) is 10.9. The normalized spacial score (nSPS) is 19.7. The van der Waals surface area contributed by atoms with E-state index in [9.17, 15) is 4.79 Å². The van der Waals surface area contributed by atoms with Gasteiger partial charge in [-0.1, -0.05) is 30.3 Å². The molecule has 1 aromatic carbocycles. The summed E-state index contributed by atoms with van der Waals surface area (Å²) >= 11 is 0. The van der Waals surface area contributed by atoms with Crippen molar-refractivity contribution in [3.8, 4) is 0 Å². The molecule has 1 aromatic heterocycles. The van der Waals surface area contributed by atoms with Crippen LogP contribution in [0.2, 0.25) is 0 Å². The molecule has 2 aromatic rings. The Labute approximate surface area is 142 Å². The van der Waals surface area contributed by atoms with Crippen LogP contribution in [-0.4, -0.2) is 40.2 Å². The summed E-state index contributed by atoms with van der Waals surface area (Å²) in [4.78, 5) is 14.6. The van der Waals surface area contributed by atoms with E-state index < -0.39 is 0 Å². The number of amides is 1. The minimum absolute atomic E-state index is 0.130. The van der Waals surface area contributed by atoms with Crippen LogP contribution in [0.3, 0.4) is 0 Å². The van der Waals surface area contributed by atoms with Gasteiger partial charge in [0.1, 0.15) is 0 Å². The van der Waals surface area contributed by atoms with E-state index in [0.717, 1.165) is 13.1 Å². The van der Waals surface area contributed by atoms with E-state index in [0.29, 0.717) is 18.5 Å². The molecule has 1 N–H and O–H groups in total. The molecule has 1 saturated carbocycles.